The summed E-state index contributed by atoms with van der Waals surface area (Å²) in [5.41, 5.74) is 1.83. The molecule has 2 rings (SSSR count). The molecule has 1 aromatic carbocycles. The van der Waals surface area contributed by atoms with E-state index in [1.54, 1.807) is 16.8 Å². The van der Waals surface area contributed by atoms with Crippen molar-refractivity contribution in [1.82, 2.24) is 15.0 Å². The number of nitrogens with zero attached hydrogens (tertiary/aromatic N) is 4. The van der Waals surface area contributed by atoms with E-state index in [1.807, 2.05) is 6.20 Å². The molecule has 7 nitrogen and oxygen atoms in total. The summed E-state index contributed by atoms with van der Waals surface area (Å²) in [6.45, 7) is 0.652. The predicted molar refractivity (Wildman–Crippen MR) is 67.6 cm³/mol. The molecule has 0 spiro atoms. The Balaban J connectivity index is 2.00. The van der Waals surface area contributed by atoms with Crippen LogP contribution in [0.5, 0.6) is 0 Å². The average molecular weight is 262 g/mol. The highest BCUT2D eigenvalue weighted by atomic mass is 16.6. The lowest BCUT2D eigenvalue weighted by Crippen LogP contribution is -2.00. The molecule has 0 radical (unpaired) electrons. The lowest BCUT2D eigenvalue weighted by atomic mass is 10.2. The number of nitro groups is 1. The maximum Gasteiger partial charge on any atom is 0.269 e. The van der Waals surface area contributed by atoms with Gasteiger partial charge >= 0.3 is 0 Å². The lowest BCUT2D eigenvalue weighted by molar-refractivity contribution is -0.384. The molecule has 19 heavy (non-hydrogen) atoms. The minimum atomic E-state index is -0.424. The molecule has 2 aromatic rings. The zero-order chi connectivity index (χ0) is 13.7. The summed E-state index contributed by atoms with van der Waals surface area (Å²) in [5, 5.41) is 27.2. The van der Waals surface area contributed by atoms with Crippen molar-refractivity contribution in [3.63, 3.8) is 0 Å². The van der Waals surface area contributed by atoms with Crippen molar-refractivity contribution < 1.29 is 10.0 Å². The molecule has 0 bridgehead atoms. The summed E-state index contributed by atoms with van der Waals surface area (Å²) >= 11 is 0. The fourth-order valence-corrected chi connectivity index (χ4v) is 1.70. The summed E-state index contributed by atoms with van der Waals surface area (Å²) in [7, 11) is 0. The van der Waals surface area contributed by atoms with Crippen molar-refractivity contribution in [1.29, 1.82) is 0 Å². The third kappa shape index (κ3) is 3.59. The predicted octanol–water partition coefficient (Wildman–Crippen LogP) is 1.16. The lowest BCUT2D eigenvalue weighted by Gasteiger charge is -2.00. The summed E-state index contributed by atoms with van der Waals surface area (Å²) in [4.78, 5) is 10.1. The summed E-state index contributed by atoms with van der Waals surface area (Å²) in [6, 6.07) is 6.35. The number of aromatic nitrogens is 3. The number of nitro benzene ring substituents is 1. The first-order valence-corrected chi connectivity index (χ1v) is 5.92. The maximum atomic E-state index is 10.5. The van der Waals surface area contributed by atoms with Gasteiger partial charge in [0.2, 0.25) is 0 Å². The van der Waals surface area contributed by atoms with Gasteiger partial charge in [0.25, 0.3) is 5.69 Å². The van der Waals surface area contributed by atoms with Crippen LogP contribution in [0.25, 0.3) is 0 Å². The molecule has 0 fully saturated rings. The summed E-state index contributed by atoms with van der Waals surface area (Å²) < 4.78 is 1.67. The molecule has 1 heterocycles. The van der Waals surface area contributed by atoms with Crippen LogP contribution in [0.2, 0.25) is 0 Å². The van der Waals surface area contributed by atoms with Gasteiger partial charge in [-0.05, 0) is 18.4 Å². The third-order valence-corrected chi connectivity index (χ3v) is 2.67. The zero-order valence-corrected chi connectivity index (χ0v) is 10.3. The Morgan fingerprint density at radius 2 is 2.05 bits per heavy atom. The van der Waals surface area contributed by atoms with E-state index < -0.39 is 4.92 Å². The Morgan fingerprint density at radius 1 is 1.32 bits per heavy atom. The number of benzene rings is 1. The fraction of sp³-hybridized carbons (Fsp3) is 0.333. The van der Waals surface area contributed by atoms with Crippen LogP contribution in [0.3, 0.4) is 0 Å². The molecule has 1 aromatic heterocycles. The standard InChI is InChI=1S/C12H14N4O3/c17-7-1-2-11-9-15(14-13-11)8-10-3-5-12(6-4-10)16(18)19/h3-6,9,17H,1-2,7-8H2. The Kier molecular flexibility index (Phi) is 4.19. The van der Waals surface area contributed by atoms with Crippen molar-refractivity contribution in [2.45, 2.75) is 19.4 Å². The van der Waals surface area contributed by atoms with Gasteiger partial charge in [-0.2, -0.15) is 0 Å². The van der Waals surface area contributed by atoms with Crippen LogP contribution in [0.1, 0.15) is 17.7 Å². The summed E-state index contributed by atoms with van der Waals surface area (Å²) in [5.74, 6) is 0. The van der Waals surface area contributed by atoms with Crippen LogP contribution in [0.15, 0.2) is 30.5 Å². The number of aliphatic hydroxyl groups is 1. The van der Waals surface area contributed by atoms with Crippen LogP contribution in [-0.4, -0.2) is 31.6 Å². The second-order valence-electron chi connectivity index (χ2n) is 4.16. The molecule has 7 heteroatoms. The highest BCUT2D eigenvalue weighted by molar-refractivity contribution is 5.32. The highest BCUT2D eigenvalue weighted by Gasteiger charge is 2.05. The number of non-ortho nitro benzene ring substituents is 1. The van der Waals surface area contributed by atoms with E-state index >= 15 is 0 Å². The minimum Gasteiger partial charge on any atom is -0.396 e. The fourth-order valence-electron chi connectivity index (χ4n) is 1.70. The number of hydrogen-bond acceptors (Lipinski definition) is 5. The van der Waals surface area contributed by atoms with Gasteiger partial charge in [0, 0.05) is 24.9 Å². The van der Waals surface area contributed by atoms with E-state index in [4.69, 9.17) is 5.11 Å². The SMILES string of the molecule is O=[N+]([O-])c1ccc(Cn2cc(CCCO)nn2)cc1. The molecular formula is C12H14N4O3. The van der Waals surface area contributed by atoms with Crippen LogP contribution in [0, 0.1) is 10.1 Å². The molecule has 0 aliphatic rings. The van der Waals surface area contributed by atoms with Crippen LogP contribution in [0.4, 0.5) is 5.69 Å². The van der Waals surface area contributed by atoms with Gasteiger partial charge in [-0.25, -0.2) is 4.68 Å². The van der Waals surface area contributed by atoms with E-state index in [0.717, 1.165) is 11.3 Å². The minimum absolute atomic E-state index is 0.0750. The van der Waals surface area contributed by atoms with Gasteiger partial charge in [-0.3, -0.25) is 10.1 Å². The second kappa shape index (κ2) is 6.05. The monoisotopic (exact) mass is 262 g/mol. The quantitative estimate of drug-likeness (QED) is 0.622. The number of aliphatic hydroxyl groups excluding tert-OH is 1. The molecular weight excluding hydrogens is 248 g/mol. The van der Waals surface area contributed by atoms with Crippen molar-refractivity contribution in [2.75, 3.05) is 6.61 Å². The first-order valence-electron chi connectivity index (χ1n) is 5.92. The second-order valence-corrected chi connectivity index (χ2v) is 4.16. The molecule has 0 atom stereocenters. The van der Waals surface area contributed by atoms with E-state index in [9.17, 15) is 10.1 Å². The average Bonchev–Trinajstić information content (AvgIpc) is 2.84. The van der Waals surface area contributed by atoms with Gasteiger partial charge in [-0.1, -0.05) is 17.3 Å². The van der Waals surface area contributed by atoms with Gasteiger partial charge in [-0.15, -0.1) is 5.10 Å². The Labute approximate surface area is 109 Å². The van der Waals surface area contributed by atoms with Crippen LogP contribution < -0.4 is 0 Å². The van der Waals surface area contributed by atoms with Gasteiger partial charge < -0.3 is 5.11 Å². The van der Waals surface area contributed by atoms with Crippen LogP contribution >= 0.6 is 0 Å². The Morgan fingerprint density at radius 3 is 2.68 bits per heavy atom. The van der Waals surface area contributed by atoms with Crippen molar-refractivity contribution in [2.24, 2.45) is 0 Å². The Hall–Kier alpha value is -2.28. The maximum absolute atomic E-state index is 10.5. The first kappa shape index (κ1) is 13.2. The topological polar surface area (TPSA) is 94.1 Å². The third-order valence-electron chi connectivity index (χ3n) is 2.67. The van der Waals surface area contributed by atoms with Gasteiger partial charge in [0.15, 0.2) is 0 Å². The number of hydrogen-bond donors (Lipinski definition) is 1. The van der Waals surface area contributed by atoms with E-state index in [-0.39, 0.29) is 12.3 Å². The normalized spacial score (nSPS) is 10.6. The van der Waals surface area contributed by atoms with E-state index in [0.29, 0.717) is 19.4 Å². The first-order chi connectivity index (χ1) is 9.19. The van der Waals surface area contributed by atoms with Crippen molar-refractivity contribution in [3.05, 3.63) is 51.8 Å². The molecule has 100 valence electrons. The number of aryl methyl sites for hydroxylation is 1. The van der Waals surface area contributed by atoms with Gasteiger partial charge in [0.1, 0.15) is 0 Å². The van der Waals surface area contributed by atoms with Crippen LogP contribution in [-0.2, 0) is 13.0 Å². The zero-order valence-electron chi connectivity index (χ0n) is 10.3. The summed E-state index contributed by atoms with van der Waals surface area (Å²) in [6.07, 6.45) is 3.17. The van der Waals surface area contributed by atoms with Gasteiger partial charge in [0.05, 0.1) is 17.2 Å². The smallest absolute Gasteiger partial charge is 0.269 e. The molecule has 0 aliphatic carbocycles. The molecule has 0 aliphatic heterocycles. The highest BCUT2D eigenvalue weighted by Crippen LogP contribution is 2.12. The largest absolute Gasteiger partial charge is 0.396 e. The van der Waals surface area contributed by atoms with E-state index in [2.05, 4.69) is 10.3 Å². The molecule has 0 amide bonds. The Bertz CT molecular complexity index is 550. The van der Waals surface area contributed by atoms with Crippen molar-refractivity contribution >= 4 is 5.69 Å². The molecule has 1 N–H and O–H groups in total. The molecule has 0 saturated heterocycles. The molecule has 0 saturated carbocycles. The molecule has 0 unspecified atom stereocenters. The number of rotatable bonds is 6. The van der Waals surface area contributed by atoms with Crippen molar-refractivity contribution in [3.8, 4) is 0 Å². The van der Waals surface area contributed by atoms with E-state index in [1.165, 1.54) is 12.1 Å².